The second kappa shape index (κ2) is 8.81. The van der Waals surface area contributed by atoms with Crippen LogP contribution in [0.25, 0.3) is 0 Å². The molecule has 0 radical (unpaired) electrons. The predicted octanol–water partition coefficient (Wildman–Crippen LogP) is 4.09. The van der Waals surface area contributed by atoms with E-state index in [1.54, 1.807) is 24.3 Å². The Kier molecular flexibility index (Phi) is 5.89. The number of ether oxygens (including phenoxy) is 1. The van der Waals surface area contributed by atoms with Crippen LogP contribution in [-0.4, -0.2) is 29.8 Å². The van der Waals surface area contributed by atoms with E-state index < -0.39 is 52.9 Å². The number of nitrogens with zero attached hydrogens (tertiary/aromatic N) is 1. The molecule has 1 atom stereocenters. The Morgan fingerprint density at radius 1 is 0.853 bits per heavy atom. The lowest BCUT2D eigenvalue weighted by Crippen LogP contribution is -2.30. The molecule has 0 aromatic heterocycles. The molecule has 1 heterocycles. The van der Waals surface area contributed by atoms with E-state index in [1.807, 2.05) is 5.32 Å². The van der Waals surface area contributed by atoms with Gasteiger partial charge in [-0.2, -0.15) is 0 Å². The van der Waals surface area contributed by atoms with Gasteiger partial charge in [0.05, 0.1) is 28.1 Å². The fourth-order valence-electron chi connectivity index (χ4n) is 3.31. The van der Waals surface area contributed by atoms with Gasteiger partial charge in [0.2, 0.25) is 0 Å². The van der Waals surface area contributed by atoms with Crippen LogP contribution in [0, 0.1) is 17.5 Å². The fourth-order valence-corrected chi connectivity index (χ4v) is 3.31. The largest absolute Gasteiger partial charge is 0.449 e. The monoisotopic (exact) mass is 468 g/mol. The Labute approximate surface area is 190 Å². The molecule has 0 bridgehead atoms. The third kappa shape index (κ3) is 4.01. The van der Waals surface area contributed by atoms with Gasteiger partial charge in [-0.1, -0.05) is 12.1 Å². The summed E-state index contributed by atoms with van der Waals surface area (Å²) in [7, 11) is 0. The highest BCUT2D eigenvalue weighted by molar-refractivity contribution is 6.34. The number of hydrogen-bond donors (Lipinski definition) is 1. The first-order valence-electron chi connectivity index (χ1n) is 9.92. The molecule has 4 rings (SSSR count). The first-order chi connectivity index (χ1) is 16.2. The zero-order chi connectivity index (χ0) is 24.6. The van der Waals surface area contributed by atoms with Crippen LogP contribution in [-0.2, 0) is 9.53 Å². The van der Waals surface area contributed by atoms with E-state index in [0.717, 1.165) is 11.0 Å². The van der Waals surface area contributed by atoms with Crippen molar-refractivity contribution in [2.24, 2.45) is 0 Å². The van der Waals surface area contributed by atoms with Gasteiger partial charge in [-0.25, -0.2) is 22.9 Å². The summed E-state index contributed by atoms with van der Waals surface area (Å²) >= 11 is 0. The molecule has 1 aliphatic rings. The third-order valence-electron chi connectivity index (χ3n) is 5.10. The van der Waals surface area contributed by atoms with Crippen molar-refractivity contribution in [1.82, 2.24) is 0 Å². The Balaban J connectivity index is 1.42. The lowest BCUT2D eigenvalue weighted by Gasteiger charge is -2.16. The number of fused-ring (bicyclic) bond motifs is 1. The summed E-state index contributed by atoms with van der Waals surface area (Å²) in [6.07, 6.45) is -1.41. The fraction of sp³-hybridized carbons (Fsp3) is 0.0833. The Morgan fingerprint density at radius 2 is 1.44 bits per heavy atom. The maximum atomic E-state index is 13.7. The molecule has 34 heavy (non-hydrogen) atoms. The molecular weight excluding hydrogens is 453 g/mol. The van der Waals surface area contributed by atoms with Crippen LogP contribution < -0.4 is 10.2 Å². The van der Waals surface area contributed by atoms with Crippen LogP contribution in [0.4, 0.5) is 24.5 Å². The number of anilines is 2. The van der Waals surface area contributed by atoms with Gasteiger partial charge in [0.15, 0.2) is 23.6 Å². The van der Waals surface area contributed by atoms with Crippen molar-refractivity contribution < 1.29 is 37.1 Å². The lowest BCUT2D eigenvalue weighted by molar-refractivity contribution is -0.123. The molecule has 7 nitrogen and oxygen atoms in total. The van der Waals surface area contributed by atoms with E-state index in [9.17, 15) is 32.3 Å². The molecule has 0 saturated carbocycles. The van der Waals surface area contributed by atoms with E-state index in [2.05, 4.69) is 0 Å². The van der Waals surface area contributed by atoms with Gasteiger partial charge in [-0.3, -0.25) is 14.4 Å². The molecule has 0 aliphatic carbocycles. The van der Waals surface area contributed by atoms with E-state index in [-0.39, 0.29) is 22.4 Å². The van der Waals surface area contributed by atoms with Gasteiger partial charge < -0.3 is 10.1 Å². The highest BCUT2D eigenvalue weighted by Crippen LogP contribution is 2.28. The highest BCUT2D eigenvalue weighted by atomic mass is 19.2. The highest BCUT2D eigenvalue weighted by Gasteiger charge is 2.36. The normalized spacial score (nSPS) is 13.5. The number of hydrogen-bond acceptors (Lipinski definition) is 5. The summed E-state index contributed by atoms with van der Waals surface area (Å²) in [4.78, 5) is 50.7. The molecular formula is C24H15F3N2O5. The van der Waals surface area contributed by atoms with Crippen molar-refractivity contribution in [2.45, 2.75) is 13.0 Å². The summed E-state index contributed by atoms with van der Waals surface area (Å²) in [5, 5.41) is 2.02. The Morgan fingerprint density at radius 3 is 2.03 bits per heavy atom. The number of carbonyl (C=O) groups is 4. The number of benzene rings is 3. The van der Waals surface area contributed by atoms with Gasteiger partial charge in [0.25, 0.3) is 17.7 Å². The minimum Gasteiger partial charge on any atom is -0.449 e. The van der Waals surface area contributed by atoms with Crippen LogP contribution in [0.15, 0.2) is 60.7 Å². The van der Waals surface area contributed by atoms with Crippen LogP contribution in [0.1, 0.15) is 38.0 Å². The second-order valence-corrected chi connectivity index (χ2v) is 7.30. The van der Waals surface area contributed by atoms with Crippen molar-refractivity contribution in [3.63, 3.8) is 0 Å². The minimum atomic E-state index is -1.75. The average molecular weight is 468 g/mol. The zero-order valence-corrected chi connectivity index (χ0v) is 17.5. The van der Waals surface area contributed by atoms with Gasteiger partial charge in [0.1, 0.15) is 0 Å². The molecule has 1 N–H and O–H groups in total. The number of nitrogens with one attached hydrogen (secondary N) is 1. The number of imide groups is 1. The minimum absolute atomic E-state index is 0.0130. The molecule has 172 valence electrons. The van der Waals surface area contributed by atoms with Crippen molar-refractivity contribution in [3.8, 4) is 0 Å². The smallest absolute Gasteiger partial charge is 0.338 e. The molecule has 1 aliphatic heterocycles. The van der Waals surface area contributed by atoms with E-state index >= 15 is 0 Å². The first-order valence-corrected chi connectivity index (χ1v) is 9.92. The molecule has 3 aromatic carbocycles. The number of halogens is 3. The quantitative estimate of drug-likeness (QED) is 0.346. The van der Waals surface area contributed by atoms with Gasteiger partial charge >= 0.3 is 5.97 Å². The molecule has 0 spiro atoms. The topological polar surface area (TPSA) is 92.8 Å². The van der Waals surface area contributed by atoms with E-state index in [1.165, 1.54) is 31.2 Å². The number of carbonyl (C=O) groups excluding carboxylic acids is 4. The van der Waals surface area contributed by atoms with Crippen LogP contribution in [0.2, 0.25) is 0 Å². The van der Waals surface area contributed by atoms with Crippen LogP contribution >= 0.6 is 0 Å². The predicted molar refractivity (Wildman–Crippen MR) is 114 cm³/mol. The van der Waals surface area contributed by atoms with Crippen LogP contribution in [0.3, 0.4) is 0 Å². The molecule has 10 heteroatoms. The third-order valence-corrected chi connectivity index (χ3v) is 5.10. The molecule has 0 saturated heterocycles. The van der Waals surface area contributed by atoms with Crippen molar-refractivity contribution in [3.05, 3.63) is 94.8 Å². The molecule has 1 unspecified atom stereocenters. The number of rotatable bonds is 5. The summed E-state index contributed by atoms with van der Waals surface area (Å²) in [6, 6.07) is 13.2. The molecule has 3 aromatic rings. The zero-order valence-electron chi connectivity index (χ0n) is 17.5. The van der Waals surface area contributed by atoms with E-state index in [0.29, 0.717) is 6.07 Å². The Bertz CT molecular complexity index is 1310. The van der Waals surface area contributed by atoms with E-state index in [4.69, 9.17) is 4.74 Å². The SMILES string of the molecule is CC(OC(=O)c1ccc(N2C(=O)c3ccccc3C2=O)cc1)C(=O)Nc1ccc(F)c(F)c1F. The van der Waals surface area contributed by atoms with Crippen molar-refractivity contribution in [1.29, 1.82) is 0 Å². The standard InChI is InChI=1S/C24H15F3N2O5/c1-12(21(30)28-18-11-10-17(25)19(26)20(18)27)34-24(33)13-6-8-14(9-7-13)29-22(31)15-4-2-3-5-16(15)23(29)32/h2-12H,1H3,(H,28,30). The maximum Gasteiger partial charge on any atom is 0.338 e. The van der Waals surface area contributed by atoms with Crippen LogP contribution in [0.5, 0.6) is 0 Å². The Hall–Kier alpha value is -4.47. The molecule has 3 amide bonds. The summed E-state index contributed by atoms with van der Waals surface area (Å²) in [5.74, 6) is -7.63. The van der Waals surface area contributed by atoms with Gasteiger partial charge in [0, 0.05) is 0 Å². The summed E-state index contributed by atoms with van der Waals surface area (Å²) < 4.78 is 45.1. The van der Waals surface area contributed by atoms with Crippen molar-refractivity contribution >= 4 is 35.1 Å². The van der Waals surface area contributed by atoms with Crippen molar-refractivity contribution in [2.75, 3.05) is 10.2 Å². The number of amides is 3. The maximum absolute atomic E-state index is 13.7. The summed E-state index contributed by atoms with van der Waals surface area (Å²) in [5.41, 5.74) is 0.181. The molecule has 0 fully saturated rings. The second-order valence-electron chi connectivity index (χ2n) is 7.30. The summed E-state index contributed by atoms with van der Waals surface area (Å²) in [6.45, 7) is 1.21. The number of esters is 1. The van der Waals surface area contributed by atoms with Gasteiger partial charge in [-0.15, -0.1) is 0 Å². The first kappa shape index (κ1) is 22.7. The average Bonchev–Trinajstić information content (AvgIpc) is 3.09. The lowest BCUT2D eigenvalue weighted by atomic mass is 10.1. The van der Waals surface area contributed by atoms with Gasteiger partial charge in [-0.05, 0) is 55.5 Å².